The third-order valence-corrected chi connectivity index (χ3v) is 2.84. The van der Waals surface area contributed by atoms with E-state index < -0.39 is 0 Å². The fraction of sp³-hybridized carbons (Fsp3) is 0.583. The summed E-state index contributed by atoms with van der Waals surface area (Å²) in [5.41, 5.74) is 7.04. The van der Waals surface area contributed by atoms with Gasteiger partial charge < -0.3 is 14.9 Å². The molecule has 0 bridgehead atoms. The van der Waals surface area contributed by atoms with Gasteiger partial charge in [-0.2, -0.15) is 0 Å². The van der Waals surface area contributed by atoms with Gasteiger partial charge in [0.2, 0.25) is 0 Å². The Morgan fingerprint density at radius 2 is 2.31 bits per heavy atom. The Labute approximate surface area is 95.8 Å². The number of carbonyl (C=O) groups is 1. The molecule has 2 atom stereocenters. The van der Waals surface area contributed by atoms with Gasteiger partial charge in [0.15, 0.2) is 0 Å². The number of aryl methyl sites for hydroxylation is 1. The summed E-state index contributed by atoms with van der Waals surface area (Å²) in [4.78, 5) is 11.3. The van der Waals surface area contributed by atoms with E-state index in [0.29, 0.717) is 0 Å². The predicted molar refractivity (Wildman–Crippen MR) is 61.1 cm³/mol. The number of nitrogens with two attached hydrogens (primary N) is 1. The first-order valence-corrected chi connectivity index (χ1v) is 5.46. The average Bonchev–Trinajstić information content (AvgIpc) is 2.70. The summed E-state index contributed by atoms with van der Waals surface area (Å²) in [6.45, 7) is 3.94. The van der Waals surface area contributed by atoms with Crippen LogP contribution in [0.2, 0.25) is 0 Å². The van der Waals surface area contributed by atoms with E-state index in [1.54, 1.807) is 6.26 Å². The fourth-order valence-corrected chi connectivity index (χ4v) is 1.75. The number of methoxy groups -OCH3 is 1. The molecule has 90 valence electrons. The Morgan fingerprint density at radius 3 is 2.75 bits per heavy atom. The van der Waals surface area contributed by atoms with E-state index >= 15 is 0 Å². The lowest BCUT2D eigenvalue weighted by molar-refractivity contribution is -0.141. The van der Waals surface area contributed by atoms with Crippen LogP contribution in [0.4, 0.5) is 0 Å². The summed E-state index contributed by atoms with van der Waals surface area (Å²) >= 11 is 0. The van der Waals surface area contributed by atoms with Crippen molar-refractivity contribution in [3.8, 4) is 0 Å². The van der Waals surface area contributed by atoms with Crippen molar-refractivity contribution in [3.63, 3.8) is 0 Å². The summed E-state index contributed by atoms with van der Waals surface area (Å²) in [6.07, 6.45) is 2.68. The van der Waals surface area contributed by atoms with Gasteiger partial charge in [0.25, 0.3) is 0 Å². The van der Waals surface area contributed by atoms with Crippen LogP contribution in [0, 0.1) is 6.92 Å². The molecule has 0 saturated heterocycles. The third-order valence-electron chi connectivity index (χ3n) is 2.84. The Hall–Kier alpha value is -1.29. The second kappa shape index (κ2) is 5.70. The summed E-state index contributed by atoms with van der Waals surface area (Å²) in [5.74, 6) is 0.428. The van der Waals surface area contributed by atoms with Crippen LogP contribution in [0.5, 0.6) is 0 Å². The van der Waals surface area contributed by atoms with Gasteiger partial charge >= 0.3 is 5.97 Å². The molecule has 2 unspecified atom stereocenters. The molecule has 0 radical (unpaired) electrons. The molecule has 0 saturated carbocycles. The summed E-state index contributed by atoms with van der Waals surface area (Å²) in [5, 5.41) is 0. The molecule has 0 fully saturated rings. The maximum atomic E-state index is 11.3. The van der Waals surface area contributed by atoms with E-state index in [1.165, 1.54) is 7.11 Å². The molecular formula is C12H19NO3. The zero-order valence-electron chi connectivity index (χ0n) is 10.0. The molecule has 4 nitrogen and oxygen atoms in total. The molecule has 0 aliphatic carbocycles. The minimum Gasteiger partial charge on any atom is -0.469 e. The monoisotopic (exact) mass is 225 g/mol. The number of carbonyl (C=O) groups excluding carboxylic acids is 1. The lowest BCUT2D eigenvalue weighted by atomic mass is 9.90. The summed E-state index contributed by atoms with van der Waals surface area (Å²) in [6, 6.07) is 1.78. The smallest absolute Gasteiger partial charge is 0.306 e. The van der Waals surface area contributed by atoms with Crippen LogP contribution in [0.25, 0.3) is 0 Å². The highest BCUT2D eigenvalue weighted by atomic mass is 16.5. The molecular weight excluding hydrogens is 206 g/mol. The molecule has 0 aliphatic heterocycles. The molecule has 0 spiro atoms. The van der Waals surface area contributed by atoms with Gasteiger partial charge in [0.05, 0.1) is 19.8 Å². The highest BCUT2D eigenvalue weighted by Gasteiger charge is 2.26. The number of hydrogen-bond donors (Lipinski definition) is 1. The number of ether oxygens (including phenoxy) is 1. The minimum atomic E-state index is -0.260. The molecule has 1 rings (SSSR count). The minimum absolute atomic E-state index is 0.0936. The van der Waals surface area contributed by atoms with Gasteiger partial charge in [-0.1, -0.05) is 6.92 Å². The van der Waals surface area contributed by atoms with Crippen molar-refractivity contribution in [2.45, 2.75) is 38.6 Å². The highest BCUT2D eigenvalue weighted by Crippen LogP contribution is 2.28. The second-order valence-electron chi connectivity index (χ2n) is 3.93. The SMILES string of the molecule is CCC(N)C(CC(=O)OC)c1occc1C. The van der Waals surface area contributed by atoms with E-state index in [0.717, 1.165) is 17.7 Å². The fourth-order valence-electron chi connectivity index (χ4n) is 1.75. The van der Waals surface area contributed by atoms with Gasteiger partial charge in [-0.15, -0.1) is 0 Å². The lowest BCUT2D eigenvalue weighted by Gasteiger charge is -2.20. The van der Waals surface area contributed by atoms with Crippen LogP contribution in [0.15, 0.2) is 16.7 Å². The van der Waals surface area contributed by atoms with E-state index in [2.05, 4.69) is 4.74 Å². The molecule has 1 aromatic heterocycles. The maximum Gasteiger partial charge on any atom is 0.306 e. The quantitative estimate of drug-likeness (QED) is 0.778. The Bertz CT molecular complexity index is 346. The molecule has 0 aliphatic rings. The van der Waals surface area contributed by atoms with Crippen LogP contribution < -0.4 is 5.73 Å². The van der Waals surface area contributed by atoms with Crippen molar-refractivity contribution in [2.24, 2.45) is 5.73 Å². The van der Waals surface area contributed by atoms with Gasteiger partial charge in [-0.05, 0) is 25.0 Å². The molecule has 16 heavy (non-hydrogen) atoms. The Kier molecular flexibility index (Phi) is 4.55. The molecule has 1 aromatic rings. The van der Waals surface area contributed by atoms with Gasteiger partial charge in [0, 0.05) is 12.0 Å². The van der Waals surface area contributed by atoms with E-state index in [-0.39, 0.29) is 24.3 Å². The van der Waals surface area contributed by atoms with Crippen molar-refractivity contribution in [1.29, 1.82) is 0 Å². The zero-order valence-corrected chi connectivity index (χ0v) is 10.0. The molecule has 4 heteroatoms. The van der Waals surface area contributed by atoms with E-state index in [4.69, 9.17) is 10.2 Å². The van der Waals surface area contributed by atoms with Crippen molar-refractivity contribution in [1.82, 2.24) is 0 Å². The predicted octanol–water partition coefficient (Wildman–Crippen LogP) is 1.97. The number of rotatable bonds is 5. The van der Waals surface area contributed by atoms with Crippen molar-refractivity contribution < 1.29 is 13.9 Å². The topological polar surface area (TPSA) is 65.5 Å². The summed E-state index contributed by atoms with van der Waals surface area (Å²) in [7, 11) is 1.38. The van der Waals surface area contributed by atoms with Crippen molar-refractivity contribution in [3.05, 3.63) is 23.7 Å². The van der Waals surface area contributed by atoms with Crippen LogP contribution in [0.3, 0.4) is 0 Å². The normalized spacial score (nSPS) is 14.5. The second-order valence-corrected chi connectivity index (χ2v) is 3.93. The van der Waals surface area contributed by atoms with E-state index in [1.807, 2.05) is 19.9 Å². The standard InChI is InChI=1S/C12H19NO3/c1-4-10(13)9(7-11(14)15-3)12-8(2)5-6-16-12/h5-6,9-10H,4,7,13H2,1-3H3. The molecule has 1 heterocycles. The number of hydrogen-bond acceptors (Lipinski definition) is 4. The largest absolute Gasteiger partial charge is 0.469 e. The summed E-state index contributed by atoms with van der Waals surface area (Å²) < 4.78 is 10.1. The average molecular weight is 225 g/mol. The van der Waals surface area contributed by atoms with Gasteiger partial charge in [-0.25, -0.2) is 0 Å². The lowest BCUT2D eigenvalue weighted by Crippen LogP contribution is -2.29. The van der Waals surface area contributed by atoms with Crippen LogP contribution in [-0.4, -0.2) is 19.1 Å². The van der Waals surface area contributed by atoms with Gasteiger partial charge in [0.1, 0.15) is 5.76 Å². The zero-order chi connectivity index (χ0) is 12.1. The first-order valence-electron chi connectivity index (χ1n) is 5.46. The Balaban J connectivity index is 2.88. The van der Waals surface area contributed by atoms with Crippen molar-refractivity contribution >= 4 is 5.97 Å². The number of esters is 1. The van der Waals surface area contributed by atoms with Crippen LogP contribution in [0.1, 0.15) is 37.0 Å². The third kappa shape index (κ3) is 2.85. The van der Waals surface area contributed by atoms with E-state index in [9.17, 15) is 4.79 Å². The highest BCUT2D eigenvalue weighted by molar-refractivity contribution is 5.70. The first kappa shape index (κ1) is 12.8. The van der Waals surface area contributed by atoms with Gasteiger partial charge in [-0.3, -0.25) is 4.79 Å². The van der Waals surface area contributed by atoms with Crippen LogP contribution >= 0.6 is 0 Å². The Morgan fingerprint density at radius 1 is 1.62 bits per heavy atom. The number of furan rings is 1. The molecule has 0 aromatic carbocycles. The van der Waals surface area contributed by atoms with Crippen molar-refractivity contribution in [2.75, 3.05) is 7.11 Å². The van der Waals surface area contributed by atoms with Crippen LogP contribution in [-0.2, 0) is 9.53 Å². The molecule has 2 N–H and O–H groups in total. The molecule has 0 amide bonds. The maximum absolute atomic E-state index is 11.3. The first-order chi connectivity index (χ1) is 7.60.